The molecule has 0 spiro atoms. The van der Waals surface area contributed by atoms with Crippen molar-refractivity contribution in [2.75, 3.05) is 5.32 Å². The number of nitrogens with one attached hydrogen (secondary N) is 2. The molecular formula is C17H13ClN2O4S. The van der Waals surface area contributed by atoms with E-state index in [9.17, 15) is 14.4 Å². The van der Waals surface area contributed by atoms with Crippen molar-refractivity contribution in [3.05, 3.63) is 59.1 Å². The molecule has 0 saturated heterocycles. The Morgan fingerprint density at radius 1 is 1.16 bits per heavy atom. The summed E-state index contributed by atoms with van der Waals surface area (Å²) >= 11 is 7.18. The predicted octanol–water partition coefficient (Wildman–Crippen LogP) is 3.03. The van der Waals surface area contributed by atoms with Gasteiger partial charge in [0.05, 0.1) is 27.9 Å². The molecule has 2 N–H and O–H groups in total. The molecule has 1 atom stereocenters. The van der Waals surface area contributed by atoms with Gasteiger partial charge in [0.25, 0.3) is 5.91 Å². The summed E-state index contributed by atoms with van der Waals surface area (Å²) < 4.78 is 0. The van der Waals surface area contributed by atoms with E-state index in [4.69, 9.17) is 16.4 Å². The molecular weight excluding hydrogens is 364 g/mol. The van der Waals surface area contributed by atoms with E-state index in [1.165, 1.54) is 17.8 Å². The van der Waals surface area contributed by atoms with Gasteiger partial charge in [-0.3, -0.25) is 9.59 Å². The van der Waals surface area contributed by atoms with Crippen LogP contribution in [0.4, 0.5) is 5.69 Å². The summed E-state index contributed by atoms with van der Waals surface area (Å²) in [5.74, 6) is -1.62. The number of hydrogen-bond donors (Lipinski definition) is 2. The van der Waals surface area contributed by atoms with Crippen molar-refractivity contribution in [2.24, 2.45) is 0 Å². The van der Waals surface area contributed by atoms with E-state index in [0.717, 1.165) is 10.6 Å². The molecule has 0 bridgehead atoms. The number of hydroxylamine groups is 1. The summed E-state index contributed by atoms with van der Waals surface area (Å²) in [6, 6.07) is 13.7. The van der Waals surface area contributed by atoms with Crippen LogP contribution in [-0.4, -0.2) is 23.0 Å². The number of thioether (sulfide) groups is 1. The van der Waals surface area contributed by atoms with Crippen LogP contribution in [0.25, 0.3) is 0 Å². The van der Waals surface area contributed by atoms with Crippen LogP contribution < -0.4 is 10.8 Å². The van der Waals surface area contributed by atoms with E-state index >= 15 is 0 Å². The summed E-state index contributed by atoms with van der Waals surface area (Å²) in [7, 11) is 0. The van der Waals surface area contributed by atoms with Gasteiger partial charge in [-0.1, -0.05) is 35.9 Å². The second-order valence-corrected chi connectivity index (χ2v) is 6.84. The van der Waals surface area contributed by atoms with Crippen LogP contribution in [-0.2, 0) is 14.4 Å². The number of halogens is 1. The Kier molecular flexibility index (Phi) is 5.25. The third kappa shape index (κ3) is 4.12. The van der Waals surface area contributed by atoms with E-state index in [1.54, 1.807) is 24.3 Å². The van der Waals surface area contributed by atoms with Gasteiger partial charge in [-0.15, -0.1) is 11.8 Å². The average molecular weight is 377 g/mol. The number of anilines is 1. The van der Waals surface area contributed by atoms with E-state index in [0.29, 0.717) is 0 Å². The summed E-state index contributed by atoms with van der Waals surface area (Å²) in [4.78, 5) is 41.6. The van der Waals surface area contributed by atoms with Crippen molar-refractivity contribution >= 4 is 46.8 Å². The van der Waals surface area contributed by atoms with Crippen LogP contribution in [0.15, 0.2) is 53.4 Å². The van der Waals surface area contributed by atoms with E-state index in [2.05, 4.69) is 10.8 Å². The molecule has 0 unspecified atom stereocenters. The number of benzene rings is 2. The Morgan fingerprint density at radius 3 is 2.68 bits per heavy atom. The van der Waals surface area contributed by atoms with Crippen LogP contribution in [0.3, 0.4) is 0 Å². The molecule has 1 aliphatic heterocycles. The Labute approximate surface area is 152 Å². The maximum Gasteiger partial charge on any atom is 0.364 e. The molecule has 2 aromatic carbocycles. The monoisotopic (exact) mass is 376 g/mol. The number of carbonyl (C=O) groups excluding carboxylic acids is 3. The topological polar surface area (TPSA) is 84.5 Å². The number of fused-ring (bicyclic) bond motifs is 1. The second kappa shape index (κ2) is 7.58. The van der Waals surface area contributed by atoms with E-state index in [1.807, 2.05) is 18.2 Å². The molecule has 128 valence electrons. The first-order valence-corrected chi connectivity index (χ1v) is 8.61. The molecule has 25 heavy (non-hydrogen) atoms. The summed E-state index contributed by atoms with van der Waals surface area (Å²) in [5, 5.41) is 2.37. The van der Waals surface area contributed by atoms with Crippen LogP contribution in [0.5, 0.6) is 0 Å². The van der Waals surface area contributed by atoms with E-state index < -0.39 is 17.1 Å². The highest BCUT2D eigenvalue weighted by Crippen LogP contribution is 2.36. The van der Waals surface area contributed by atoms with Gasteiger partial charge >= 0.3 is 5.97 Å². The number of hydrogen-bond acceptors (Lipinski definition) is 5. The zero-order chi connectivity index (χ0) is 17.8. The van der Waals surface area contributed by atoms with Crippen molar-refractivity contribution in [2.45, 2.75) is 16.6 Å². The lowest BCUT2D eigenvalue weighted by atomic mass is 10.2. The minimum Gasteiger partial charge on any atom is -0.335 e. The molecule has 2 aromatic rings. The van der Waals surface area contributed by atoms with Gasteiger partial charge in [0, 0.05) is 4.90 Å². The summed E-state index contributed by atoms with van der Waals surface area (Å²) in [6.45, 7) is 0. The fourth-order valence-corrected chi connectivity index (χ4v) is 3.55. The minimum atomic E-state index is -0.773. The molecule has 3 rings (SSSR count). The Bertz CT molecular complexity index is 843. The van der Waals surface area contributed by atoms with Crippen molar-refractivity contribution in [1.29, 1.82) is 0 Å². The van der Waals surface area contributed by atoms with Gasteiger partial charge in [-0.2, -0.15) is 5.48 Å². The lowest BCUT2D eigenvalue weighted by Crippen LogP contribution is -2.35. The first-order chi connectivity index (χ1) is 12.0. The largest absolute Gasteiger partial charge is 0.364 e. The van der Waals surface area contributed by atoms with Crippen LogP contribution >= 0.6 is 23.4 Å². The molecule has 0 radical (unpaired) electrons. The summed E-state index contributed by atoms with van der Waals surface area (Å²) in [6.07, 6.45) is -0.124. The van der Waals surface area contributed by atoms with Crippen molar-refractivity contribution in [3.63, 3.8) is 0 Å². The molecule has 1 heterocycles. The van der Waals surface area contributed by atoms with Gasteiger partial charge < -0.3 is 10.2 Å². The highest BCUT2D eigenvalue weighted by atomic mass is 35.5. The van der Waals surface area contributed by atoms with Gasteiger partial charge in [0.2, 0.25) is 5.91 Å². The van der Waals surface area contributed by atoms with Crippen LogP contribution in [0.1, 0.15) is 16.8 Å². The molecule has 0 fully saturated rings. The molecule has 0 aromatic heterocycles. The number of amides is 2. The molecule has 1 aliphatic rings. The van der Waals surface area contributed by atoms with E-state index in [-0.39, 0.29) is 22.9 Å². The number of para-hydroxylation sites is 1. The molecule has 0 aliphatic carbocycles. The van der Waals surface area contributed by atoms with Crippen molar-refractivity contribution < 1.29 is 19.2 Å². The maximum atomic E-state index is 12.1. The van der Waals surface area contributed by atoms with Gasteiger partial charge in [0.1, 0.15) is 0 Å². The molecule has 2 amide bonds. The lowest BCUT2D eigenvalue weighted by Gasteiger charge is -2.23. The first-order valence-electron chi connectivity index (χ1n) is 7.35. The Morgan fingerprint density at radius 2 is 1.88 bits per heavy atom. The van der Waals surface area contributed by atoms with Gasteiger partial charge in [0.15, 0.2) is 0 Å². The third-order valence-corrected chi connectivity index (χ3v) is 5.03. The lowest BCUT2D eigenvalue weighted by molar-refractivity contribution is -0.131. The highest BCUT2D eigenvalue weighted by Gasteiger charge is 2.29. The quantitative estimate of drug-likeness (QED) is 0.804. The fourth-order valence-electron chi connectivity index (χ4n) is 2.22. The maximum absolute atomic E-state index is 12.1. The number of rotatable bonds is 3. The Hall–Kier alpha value is -2.51. The highest BCUT2D eigenvalue weighted by molar-refractivity contribution is 8.01. The SMILES string of the molecule is O=C(C[C@H]1Sc2ccccc2NC1=O)NOC(=O)c1ccccc1Cl. The molecule has 0 saturated carbocycles. The third-order valence-electron chi connectivity index (χ3n) is 3.43. The molecule has 8 heteroatoms. The van der Waals surface area contributed by atoms with Gasteiger partial charge in [-0.05, 0) is 24.3 Å². The average Bonchev–Trinajstić information content (AvgIpc) is 2.61. The fraction of sp³-hybridized carbons (Fsp3) is 0.118. The first kappa shape index (κ1) is 17.3. The minimum absolute atomic E-state index is 0.124. The zero-order valence-electron chi connectivity index (χ0n) is 12.8. The standard InChI is InChI=1S/C17H13ClN2O4S/c18-11-6-2-1-5-10(11)17(23)24-20-15(21)9-14-16(22)19-12-7-3-4-8-13(12)25-14/h1-8,14H,9H2,(H,19,22)(H,20,21)/t14-/m1/s1. The predicted molar refractivity (Wildman–Crippen MR) is 94.3 cm³/mol. The normalized spacial score (nSPS) is 15.7. The zero-order valence-corrected chi connectivity index (χ0v) is 14.4. The second-order valence-electron chi connectivity index (χ2n) is 5.19. The van der Waals surface area contributed by atoms with Crippen molar-refractivity contribution in [3.8, 4) is 0 Å². The Balaban J connectivity index is 1.56. The van der Waals surface area contributed by atoms with Crippen molar-refractivity contribution in [1.82, 2.24) is 5.48 Å². The molecule has 6 nitrogen and oxygen atoms in total. The number of carbonyl (C=O) groups is 3. The van der Waals surface area contributed by atoms with Crippen LogP contribution in [0.2, 0.25) is 5.02 Å². The van der Waals surface area contributed by atoms with Crippen LogP contribution in [0, 0.1) is 0 Å². The van der Waals surface area contributed by atoms with Gasteiger partial charge in [-0.25, -0.2) is 4.79 Å². The smallest absolute Gasteiger partial charge is 0.335 e. The summed E-state index contributed by atoms with van der Waals surface area (Å²) in [5.41, 5.74) is 2.92.